The quantitative estimate of drug-likeness (QED) is 0.765. The summed E-state index contributed by atoms with van der Waals surface area (Å²) >= 11 is 0. The van der Waals surface area contributed by atoms with Gasteiger partial charge in [0.25, 0.3) is 0 Å². The summed E-state index contributed by atoms with van der Waals surface area (Å²) in [6.07, 6.45) is -4.21. The Morgan fingerprint density at radius 2 is 1.93 bits per heavy atom. The first-order chi connectivity index (χ1) is 6.36. The second kappa shape index (κ2) is 4.06. The van der Waals surface area contributed by atoms with Crippen LogP contribution in [0.2, 0.25) is 0 Å². The number of hydrogen-bond donors (Lipinski definition) is 1. The number of nitrogens with one attached hydrogen (secondary N) is 1. The van der Waals surface area contributed by atoms with Gasteiger partial charge in [-0.15, -0.1) is 0 Å². The Kier molecular flexibility index (Phi) is 3.42. The number of halogens is 3. The maximum Gasteiger partial charge on any atom is 0.411 e. The Morgan fingerprint density at radius 3 is 2.21 bits per heavy atom. The van der Waals surface area contributed by atoms with Crippen LogP contribution in [0.5, 0.6) is 0 Å². The van der Waals surface area contributed by atoms with Gasteiger partial charge in [-0.1, -0.05) is 13.8 Å². The highest BCUT2D eigenvalue weighted by atomic mass is 19.4. The number of rotatable bonds is 4. The third kappa shape index (κ3) is 2.85. The molecule has 1 aliphatic rings. The number of hydrogen-bond acceptors (Lipinski definition) is 2. The minimum Gasteiger partial charge on any atom is -0.371 e. The molecule has 1 rings (SSSR count). The maximum atomic E-state index is 11.8. The van der Waals surface area contributed by atoms with Crippen LogP contribution in [0.25, 0.3) is 0 Å². The van der Waals surface area contributed by atoms with Crippen LogP contribution in [-0.2, 0) is 4.74 Å². The molecule has 14 heavy (non-hydrogen) atoms. The monoisotopic (exact) mass is 211 g/mol. The molecule has 0 aliphatic carbocycles. The van der Waals surface area contributed by atoms with Crippen LogP contribution in [-0.4, -0.2) is 32.5 Å². The molecule has 0 saturated carbocycles. The Labute approximate surface area is 81.8 Å². The predicted octanol–water partition coefficient (Wildman–Crippen LogP) is 1.81. The molecule has 1 N–H and O–H groups in total. The molecular formula is C9H16F3NO. The van der Waals surface area contributed by atoms with Crippen LogP contribution in [0, 0.1) is 11.3 Å². The summed E-state index contributed by atoms with van der Waals surface area (Å²) in [7, 11) is 0. The molecule has 0 spiro atoms. The molecule has 0 aromatic heterocycles. The summed E-state index contributed by atoms with van der Waals surface area (Å²) in [5.41, 5.74) is -0.0920. The van der Waals surface area contributed by atoms with Gasteiger partial charge in [0.2, 0.25) is 0 Å². The van der Waals surface area contributed by atoms with Crippen molar-refractivity contribution in [3.05, 3.63) is 0 Å². The minimum atomic E-state index is -4.21. The highest BCUT2D eigenvalue weighted by Gasteiger charge is 2.41. The van der Waals surface area contributed by atoms with E-state index >= 15 is 0 Å². The van der Waals surface area contributed by atoms with Crippen molar-refractivity contribution < 1.29 is 17.9 Å². The fraction of sp³-hybridized carbons (Fsp3) is 1.00. The van der Waals surface area contributed by atoms with Crippen LogP contribution in [0.15, 0.2) is 0 Å². The Bertz CT molecular complexity index is 187. The molecule has 0 amide bonds. The molecule has 1 fully saturated rings. The van der Waals surface area contributed by atoms with Crippen molar-refractivity contribution in [2.75, 3.05) is 26.3 Å². The van der Waals surface area contributed by atoms with E-state index in [1.54, 1.807) is 0 Å². The lowest BCUT2D eigenvalue weighted by atomic mass is 9.73. The van der Waals surface area contributed by atoms with E-state index in [-0.39, 0.29) is 12.0 Å². The smallest absolute Gasteiger partial charge is 0.371 e. The topological polar surface area (TPSA) is 21.3 Å². The lowest BCUT2D eigenvalue weighted by Gasteiger charge is -2.45. The molecule has 2 nitrogen and oxygen atoms in total. The van der Waals surface area contributed by atoms with Gasteiger partial charge in [0, 0.05) is 18.5 Å². The van der Waals surface area contributed by atoms with Gasteiger partial charge in [-0.05, 0) is 5.92 Å². The van der Waals surface area contributed by atoms with Crippen molar-refractivity contribution >= 4 is 0 Å². The fourth-order valence-corrected chi connectivity index (χ4v) is 1.49. The molecular weight excluding hydrogens is 195 g/mol. The van der Waals surface area contributed by atoms with Gasteiger partial charge in [0.05, 0.1) is 6.61 Å². The van der Waals surface area contributed by atoms with Gasteiger partial charge in [0.1, 0.15) is 6.61 Å². The Balaban J connectivity index is 2.29. The van der Waals surface area contributed by atoms with Crippen LogP contribution >= 0.6 is 0 Å². The molecule has 1 saturated heterocycles. The van der Waals surface area contributed by atoms with Crippen LogP contribution in [0.4, 0.5) is 13.2 Å². The van der Waals surface area contributed by atoms with Crippen LogP contribution in [0.3, 0.4) is 0 Å². The van der Waals surface area contributed by atoms with E-state index in [0.29, 0.717) is 5.92 Å². The van der Waals surface area contributed by atoms with Gasteiger partial charge in [0.15, 0.2) is 0 Å². The standard InChI is InChI=1S/C9H16F3NO/c1-7(2)8(3-13-4-8)5-14-6-9(10,11)12/h7,13H,3-6H2,1-2H3. The van der Waals surface area contributed by atoms with Crippen LogP contribution < -0.4 is 5.32 Å². The maximum absolute atomic E-state index is 11.8. The summed E-state index contributed by atoms with van der Waals surface area (Å²) in [5, 5.41) is 3.07. The summed E-state index contributed by atoms with van der Waals surface area (Å²) in [6.45, 7) is 4.58. The predicted molar refractivity (Wildman–Crippen MR) is 47.0 cm³/mol. The van der Waals surface area contributed by atoms with Gasteiger partial charge in [-0.2, -0.15) is 13.2 Å². The average molecular weight is 211 g/mol. The van der Waals surface area contributed by atoms with E-state index in [0.717, 1.165) is 13.1 Å². The van der Waals surface area contributed by atoms with E-state index < -0.39 is 12.8 Å². The number of ether oxygens (including phenoxy) is 1. The Hall–Kier alpha value is -0.290. The zero-order valence-electron chi connectivity index (χ0n) is 8.45. The second-order valence-electron chi connectivity index (χ2n) is 4.23. The average Bonchev–Trinajstić information content (AvgIpc) is 1.91. The molecule has 0 aromatic carbocycles. The second-order valence-corrected chi connectivity index (χ2v) is 4.23. The molecule has 0 unspecified atom stereocenters. The third-order valence-corrected chi connectivity index (χ3v) is 2.83. The summed E-state index contributed by atoms with van der Waals surface area (Å²) in [6, 6.07) is 0. The molecule has 0 radical (unpaired) electrons. The lowest BCUT2D eigenvalue weighted by Crippen LogP contribution is -2.59. The van der Waals surface area contributed by atoms with E-state index in [1.807, 2.05) is 13.8 Å². The molecule has 5 heteroatoms. The molecule has 1 aliphatic heterocycles. The first kappa shape index (κ1) is 11.8. The van der Waals surface area contributed by atoms with E-state index in [4.69, 9.17) is 4.74 Å². The molecule has 0 atom stereocenters. The fourth-order valence-electron chi connectivity index (χ4n) is 1.49. The van der Waals surface area contributed by atoms with Crippen molar-refractivity contribution in [2.45, 2.75) is 20.0 Å². The van der Waals surface area contributed by atoms with Crippen LogP contribution in [0.1, 0.15) is 13.8 Å². The SMILES string of the molecule is CC(C)C1(COCC(F)(F)F)CNC1. The van der Waals surface area contributed by atoms with Gasteiger partial charge in [-0.25, -0.2) is 0 Å². The summed E-state index contributed by atoms with van der Waals surface area (Å²) < 4.78 is 40.1. The largest absolute Gasteiger partial charge is 0.411 e. The first-order valence-corrected chi connectivity index (χ1v) is 4.71. The van der Waals surface area contributed by atoms with E-state index in [1.165, 1.54) is 0 Å². The lowest BCUT2D eigenvalue weighted by molar-refractivity contribution is -0.185. The van der Waals surface area contributed by atoms with Gasteiger partial charge in [-0.3, -0.25) is 0 Å². The zero-order valence-corrected chi connectivity index (χ0v) is 8.45. The van der Waals surface area contributed by atoms with E-state index in [9.17, 15) is 13.2 Å². The molecule has 84 valence electrons. The summed E-state index contributed by atoms with van der Waals surface area (Å²) in [5.74, 6) is 0.344. The van der Waals surface area contributed by atoms with Crippen molar-refractivity contribution in [3.63, 3.8) is 0 Å². The first-order valence-electron chi connectivity index (χ1n) is 4.71. The van der Waals surface area contributed by atoms with Gasteiger partial charge < -0.3 is 10.1 Å². The van der Waals surface area contributed by atoms with Crippen molar-refractivity contribution in [2.24, 2.45) is 11.3 Å². The molecule has 1 heterocycles. The van der Waals surface area contributed by atoms with E-state index in [2.05, 4.69) is 5.32 Å². The van der Waals surface area contributed by atoms with Crippen molar-refractivity contribution in [1.82, 2.24) is 5.32 Å². The normalized spacial score (nSPS) is 21.0. The number of alkyl halides is 3. The summed E-state index contributed by atoms with van der Waals surface area (Å²) in [4.78, 5) is 0. The molecule has 0 bridgehead atoms. The highest BCUT2D eigenvalue weighted by molar-refractivity contribution is 4.94. The van der Waals surface area contributed by atoms with Crippen molar-refractivity contribution in [1.29, 1.82) is 0 Å². The molecule has 0 aromatic rings. The Morgan fingerprint density at radius 1 is 1.36 bits per heavy atom. The highest BCUT2D eigenvalue weighted by Crippen LogP contribution is 2.32. The third-order valence-electron chi connectivity index (χ3n) is 2.83. The zero-order chi connectivity index (χ0) is 10.8. The van der Waals surface area contributed by atoms with Gasteiger partial charge >= 0.3 is 6.18 Å². The van der Waals surface area contributed by atoms with Crippen molar-refractivity contribution in [3.8, 4) is 0 Å². The minimum absolute atomic E-state index is 0.0920.